The van der Waals surface area contributed by atoms with E-state index < -0.39 is 0 Å². The van der Waals surface area contributed by atoms with Gasteiger partial charge in [0.25, 0.3) is 6.71 Å². The summed E-state index contributed by atoms with van der Waals surface area (Å²) in [6.07, 6.45) is 3.75. The highest BCUT2D eigenvalue weighted by atomic mass is 16.4. The predicted molar refractivity (Wildman–Crippen MR) is 273 cm³/mol. The Labute approximate surface area is 383 Å². The van der Waals surface area contributed by atoms with Crippen LogP contribution in [0.5, 0.6) is 0 Å². The van der Waals surface area contributed by atoms with Gasteiger partial charge in [0.1, 0.15) is 22.3 Å². The summed E-state index contributed by atoms with van der Waals surface area (Å²) in [5.41, 5.74) is 18.7. The van der Waals surface area contributed by atoms with Gasteiger partial charge in [-0.25, -0.2) is 0 Å². The summed E-state index contributed by atoms with van der Waals surface area (Å²) >= 11 is 0. The zero-order valence-electron chi connectivity index (χ0n) is 38.1. The fraction of sp³-hybridized carbons (Fsp3) is 0.153. The molecule has 6 nitrogen and oxygen atoms in total. The lowest BCUT2D eigenvalue weighted by Crippen LogP contribution is -2.60. The Balaban J connectivity index is 1.13. The van der Waals surface area contributed by atoms with Crippen LogP contribution in [0.2, 0.25) is 0 Å². The lowest BCUT2D eigenvalue weighted by Gasteiger charge is -2.41. The third kappa shape index (κ3) is 5.68. The van der Waals surface area contributed by atoms with Crippen LogP contribution in [0.1, 0.15) is 58.2 Å². The van der Waals surface area contributed by atoms with E-state index in [4.69, 9.17) is 17.7 Å². The first-order valence-corrected chi connectivity index (χ1v) is 22.9. The number of benzene rings is 7. The Bertz CT molecular complexity index is 3550. The van der Waals surface area contributed by atoms with Gasteiger partial charge in [-0.15, -0.1) is 0 Å². The smallest absolute Gasteiger partial charge is 0.262 e. The van der Waals surface area contributed by atoms with Crippen LogP contribution < -0.4 is 26.2 Å². The molecule has 0 unspecified atom stereocenters. The van der Waals surface area contributed by atoms with E-state index in [9.17, 15) is 0 Å². The average molecular weight is 859 g/mol. The van der Waals surface area contributed by atoms with Crippen molar-refractivity contribution < 1.29 is 17.7 Å². The molecular formula is C59H47BN2O4. The monoisotopic (exact) mass is 858 g/mol. The van der Waals surface area contributed by atoms with Crippen molar-refractivity contribution in [3.8, 4) is 22.3 Å². The quantitative estimate of drug-likeness (QED) is 0.164. The lowest BCUT2D eigenvalue weighted by molar-refractivity contribution is 0.589. The number of hydrogen-bond donors (Lipinski definition) is 0. The first-order chi connectivity index (χ1) is 31.9. The molecule has 320 valence electrons. The van der Waals surface area contributed by atoms with E-state index in [1.165, 1.54) is 16.6 Å². The molecule has 66 heavy (non-hydrogen) atoms. The zero-order chi connectivity index (χ0) is 44.8. The molecule has 11 aromatic rings. The second kappa shape index (κ2) is 13.7. The van der Waals surface area contributed by atoms with Crippen LogP contribution in [0.25, 0.3) is 66.1 Å². The molecule has 0 fully saturated rings. The van der Waals surface area contributed by atoms with Gasteiger partial charge < -0.3 is 17.7 Å². The van der Waals surface area contributed by atoms with Gasteiger partial charge in [0.15, 0.2) is 0 Å². The van der Waals surface area contributed by atoms with Crippen LogP contribution in [-0.2, 0) is 10.8 Å². The van der Waals surface area contributed by atoms with Crippen molar-refractivity contribution in [2.24, 2.45) is 0 Å². The molecule has 2 aliphatic rings. The van der Waals surface area contributed by atoms with Gasteiger partial charge in [0.05, 0.1) is 12.5 Å². The Hall–Kier alpha value is -7.64. The van der Waals surface area contributed by atoms with Gasteiger partial charge in [-0.2, -0.15) is 0 Å². The summed E-state index contributed by atoms with van der Waals surface area (Å²) in [4.78, 5) is 4.72. The number of aryl methyl sites for hydroxylation is 1. The number of hydrogen-bond acceptors (Lipinski definition) is 6. The Morgan fingerprint density at radius 3 is 1.33 bits per heavy atom. The summed E-state index contributed by atoms with van der Waals surface area (Å²) < 4.78 is 26.7. The second-order valence-electron chi connectivity index (χ2n) is 20.3. The van der Waals surface area contributed by atoms with Crippen LogP contribution in [0.3, 0.4) is 0 Å². The van der Waals surface area contributed by atoms with Crippen molar-refractivity contribution in [1.29, 1.82) is 0 Å². The van der Waals surface area contributed by atoms with Gasteiger partial charge >= 0.3 is 0 Å². The Kier molecular flexibility index (Phi) is 8.05. The first-order valence-electron chi connectivity index (χ1n) is 22.9. The normalized spacial score (nSPS) is 13.6. The van der Waals surface area contributed by atoms with E-state index in [1.807, 2.05) is 36.8 Å². The van der Waals surface area contributed by atoms with Crippen LogP contribution in [0.4, 0.5) is 34.5 Å². The molecule has 13 rings (SSSR count). The van der Waals surface area contributed by atoms with E-state index in [2.05, 4.69) is 180 Å². The van der Waals surface area contributed by atoms with Gasteiger partial charge in [-0.05, 0) is 124 Å². The molecule has 4 aromatic heterocycles. The summed E-state index contributed by atoms with van der Waals surface area (Å²) in [6.45, 7) is 15.7. The van der Waals surface area contributed by atoms with Crippen LogP contribution >= 0.6 is 0 Å². The van der Waals surface area contributed by atoms with Crippen molar-refractivity contribution in [2.75, 3.05) is 9.80 Å². The topological polar surface area (TPSA) is 59.0 Å². The van der Waals surface area contributed by atoms with Crippen molar-refractivity contribution in [1.82, 2.24) is 0 Å². The molecule has 0 amide bonds. The lowest BCUT2D eigenvalue weighted by atomic mass is 9.33. The third-order valence-corrected chi connectivity index (χ3v) is 14.0. The highest BCUT2D eigenvalue weighted by Gasteiger charge is 2.49. The van der Waals surface area contributed by atoms with Crippen LogP contribution in [-0.4, -0.2) is 6.71 Å². The van der Waals surface area contributed by atoms with Crippen LogP contribution in [0, 0.1) is 6.92 Å². The maximum atomic E-state index is 7.26. The van der Waals surface area contributed by atoms with Gasteiger partial charge in [0.2, 0.25) is 11.8 Å². The minimum atomic E-state index is -0.219. The fourth-order valence-corrected chi connectivity index (χ4v) is 10.6. The molecule has 6 heterocycles. The summed E-state index contributed by atoms with van der Waals surface area (Å²) in [5, 5.41) is 4.37. The molecule has 0 atom stereocenters. The third-order valence-electron chi connectivity index (χ3n) is 14.0. The molecule has 0 aliphatic carbocycles. The molecule has 0 spiro atoms. The van der Waals surface area contributed by atoms with Crippen molar-refractivity contribution >= 4 is 101 Å². The number of rotatable bonds is 4. The molecule has 0 saturated carbocycles. The minimum Gasteiger partial charge on any atom is -0.464 e. The number of anilines is 6. The van der Waals surface area contributed by atoms with E-state index in [-0.39, 0.29) is 17.5 Å². The molecular weight excluding hydrogens is 811 g/mol. The largest absolute Gasteiger partial charge is 0.464 e. The van der Waals surface area contributed by atoms with E-state index in [0.29, 0.717) is 0 Å². The van der Waals surface area contributed by atoms with Crippen LogP contribution in [0.15, 0.2) is 176 Å². The second-order valence-corrected chi connectivity index (χ2v) is 20.3. The van der Waals surface area contributed by atoms with E-state index in [0.717, 1.165) is 117 Å². The van der Waals surface area contributed by atoms with Crippen molar-refractivity contribution in [3.63, 3.8) is 0 Å². The number of fused-ring (bicyclic) bond motifs is 10. The minimum absolute atomic E-state index is 0.0849. The zero-order valence-corrected chi connectivity index (χ0v) is 38.1. The van der Waals surface area contributed by atoms with Gasteiger partial charge in [-0.1, -0.05) is 114 Å². The Morgan fingerprint density at radius 2 is 0.879 bits per heavy atom. The summed E-state index contributed by atoms with van der Waals surface area (Å²) in [7, 11) is 0. The molecule has 0 N–H and O–H groups in total. The first kappa shape index (κ1) is 38.8. The maximum Gasteiger partial charge on any atom is 0.262 e. The highest BCUT2D eigenvalue weighted by Crippen LogP contribution is 2.49. The highest BCUT2D eigenvalue weighted by molar-refractivity contribution is 7.02. The van der Waals surface area contributed by atoms with E-state index in [1.54, 1.807) is 0 Å². The number of nitrogens with zero attached hydrogens (tertiary/aromatic N) is 2. The number of furan rings is 4. The SMILES string of the molecule is Cc1cc2c3c(c1)N(c1cccc(-c4coc5ccccc45)c1)c1oc4ccc(C(C)(C)C)cc4c1B3c1c(oc3ccc(C(C)(C)C)cc13)N2c1cccc(-c2coc3ccccc23)c1. The molecule has 7 aromatic carbocycles. The van der Waals surface area contributed by atoms with Crippen molar-refractivity contribution in [3.05, 3.63) is 175 Å². The average Bonchev–Trinajstić information content (AvgIpc) is 4.11. The maximum absolute atomic E-state index is 7.26. The molecule has 0 saturated heterocycles. The fourth-order valence-electron chi connectivity index (χ4n) is 10.6. The van der Waals surface area contributed by atoms with Gasteiger partial charge in [0, 0.05) is 66.3 Å². The number of para-hydroxylation sites is 2. The Morgan fingerprint density at radius 1 is 0.424 bits per heavy atom. The summed E-state index contributed by atoms with van der Waals surface area (Å²) in [6, 6.07) is 52.3. The molecule has 7 heteroatoms. The van der Waals surface area contributed by atoms with Crippen molar-refractivity contribution in [2.45, 2.75) is 59.3 Å². The predicted octanol–water partition coefficient (Wildman–Crippen LogP) is 15.0. The van der Waals surface area contributed by atoms with Gasteiger partial charge in [-0.3, -0.25) is 9.80 Å². The molecule has 0 radical (unpaired) electrons. The molecule has 2 aliphatic heterocycles. The van der Waals surface area contributed by atoms with E-state index >= 15 is 0 Å². The standard InChI is InChI=1S/C59H47BN2O4/c1-34-26-47-55-48(27-34)62(40-17-13-15-36(29-40)46-33-64-50-21-11-9-19-42(46)50)57-54(44-31-38(59(5,6)7)23-25-52(44)66-57)60(55)53-43-30-37(58(2,3)4)22-24-51(43)65-56(53)61(47)39-16-12-14-35(28-39)45-32-63-49-20-10-8-18-41(45)49/h8-33H,1-7H3. The molecule has 0 bridgehead atoms. The summed E-state index contributed by atoms with van der Waals surface area (Å²) in [5.74, 6) is 1.63.